The van der Waals surface area contributed by atoms with Crippen LogP contribution in [0.1, 0.15) is 6.42 Å². The molecular formula is C21H39O17. The standard InChI is InChI=1S/C18H32O16.C3H7O/c19-1-4-7(22)8(23)12(27)17(31-4)34-15-6(3-21)32-18(13(28)10(15)25)33-14-5(2-20)30-16(29)11(26)9(14)24;1-2-3-4/h4-29H,1-3H2;4H,1-3H2/t4-,5-,6-,7-,8+,9-,10-,11-,12-,13-,14-,15-,16?,17+,18+;/m1./s1. The molecule has 0 aromatic heterocycles. The smallest absolute Gasteiger partial charge is 0.187 e. The second kappa shape index (κ2) is 15.4. The average molecular weight is 564 g/mol. The lowest BCUT2D eigenvalue weighted by Gasteiger charge is -2.47. The van der Waals surface area contributed by atoms with Crippen molar-refractivity contribution in [2.75, 3.05) is 26.4 Å². The average Bonchev–Trinajstić information content (AvgIpc) is 2.92. The highest BCUT2D eigenvalue weighted by atomic mass is 16.8. The Morgan fingerprint density at radius 1 is 0.500 bits per heavy atom. The van der Waals surface area contributed by atoms with Gasteiger partial charge in [0.1, 0.15) is 73.2 Å². The van der Waals surface area contributed by atoms with E-state index >= 15 is 0 Å². The van der Waals surface area contributed by atoms with Crippen LogP contribution in [0.15, 0.2) is 0 Å². The Kier molecular flexibility index (Phi) is 13.5. The van der Waals surface area contributed by atoms with Crippen LogP contribution in [0.5, 0.6) is 0 Å². The van der Waals surface area contributed by atoms with Gasteiger partial charge in [0.15, 0.2) is 18.9 Å². The monoisotopic (exact) mass is 563 g/mol. The Balaban J connectivity index is 0.00000118. The topological polar surface area (TPSA) is 289 Å². The molecule has 1 unspecified atom stereocenters. The zero-order valence-electron chi connectivity index (χ0n) is 20.3. The number of rotatable bonds is 8. The Labute approximate surface area is 217 Å². The van der Waals surface area contributed by atoms with Crippen molar-refractivity contribution in [2.45, 2.75) is 98.5 Å². The molecule has 0 spiro atoms. The zero-order valence-corrected chi connectivity index (χ0v) is 20.3. The highest BCUT2D eigenvalue weighted by molar-refractivity contribution is 4.96. The maximum absolute atomic E-state index is 10.6. The van der Waals surface area contributed by atoms with Crippen molar-refractivity contribution in [1.29, 1.82) is 0 Å². The summed E-state index contributed by atoms with van der Waals surface area (Å²) in [5, 5.41) is 117. The minimum atomic E-state index is -1.91. The lowest BCUT2D eigenvalue weighted by atomic mass is 9.96. The van der Waals surface area contributed by atoms with E-state index in [-0.39, 0.29) is 6.61 Å². The highest BCUT2D eigenvalue weighted by Gasteiger charge is 2.53. The molecule has 0 bridgehead atoms. The summed E-state index contributed by atoms with van der Waals surface area (Å²) in [6, 6.07) is 0. The van der Waals surface area contributed by atoms with Crippen LogP contribution >= 0.6 is 0 Å². The Morgan fingerprint density at radius 3 is 1.34 bits per heavy atom. The Bertz CT molecular complexity index is 666. The van der Waals surface area contributed by atoms with E-state index in [0.29, 0.717) is 6.42 Å². The Hall–Kier alpha value is -0.680. The van der Waals surface area contributed by atoms with Crippen molar-refractivity contribution in [3.8, 4) is 0 Å². The SMILES string of the molecule is OC[C@H]1O[C@@H](O[C@H]2[C@H](O)[C@@H](O)[C@H](O[C@H]3[C@H](O)[C@@H](O)C(O)O[C@@H]3CO)O[C@@H]2CO)[C@H](O)[C@@H](O)[C@@H]1O.[CH2]CCO. The van der Waals surface area contributed by atoms with E-state index in [1.165, 1.54) is 0 Å². The third-order valence-corrected chi connectivity index (χ3v) is 6.25. The predicted molar refractivity (Wildman–Crippen MR) is 118 cm³/mol. The summed E-state index contributed by atoms with van der Waals surface area (Å²) in [5.74, 6) is 0. The normalized spacial score (nSPS) is 47.8. The number of hydrogen-bond acceptors (Lipinski definition) is 17. The van der Waals surface area contributed by atoms with E-state index < -0.39 is 112 Å². The van der Waals surface area contributed by atoms with Gasteiger partial charge in [-0.25, -0.2) is 0 Å². The van der Waals surface area contributed by atoms with Crippen molar-refractivity contribution >= 4 is 0 Å². The van der Waals surface area contributed by atoms with Gasteiger partial charge in [0.25, 0.3) is 0 Å². The van der Waals surface area contributed by atoms with Gasteiger partial charge in [-0.1, -0.05) is 6.92 Å². The van der Waals surface area contributed by atoms with Crippen molar-refractivity contribution in [3.63, 3.8) is 0 Å². The number of hydrogen-bond donors (Lipinski definition) is 12. The molecule has 0 saturated carbocycles. The van der Waals surface area contributed by atoms with E-state index in [1.807, 2.05) is 0 Å². The summed E-state index contributed by atoms with van der Waals surface area (Å²) in [6.07, 6.45) is -24.5. The van der Waals surface area contributed by atoms with Crippen LogP contribution in [0.3, 0.4) is 0 Å². The summed E-state index contributed by atoms with van der Waals surface area (Å²) < 4.78 is 26.4. The van der Waals surface area contributed by atoms with Crippen LogP contribution in [0.2, 0.25) is 0 Å². The molecule has 0 aromatic rings. The molecule has 3 fully saturated rings. The van der Waals surface area contributed by atoms with Crippen molar-refractivity contribution in [2.24, 2.45) is 0 Å². The molecule has 3 saturated heterocycles. The molecule has 0 aromatic carbocycles. The van der Waals surface area contributed by atoms with Gasteiger partial charge in [-0.2, -0.15) is 0 Å². The second-order valence-corrected chi connectivity index (χ2v) is 8.91. The molecular weight excluding hydrogens is 524 g/mol. The van der Waals surface area contributed by atoms with Crippen molar-refractivity contribution in [1.82, 2.24) is 0 Å². The van der Waals surface area contributed by atoms with Crippen LogP contribution in [0, 0.1) is 6.92 Å². The summed E-state index contributed by atoms with van der Waals surface area (Å²) in [6.45, 7) is 1.24. The lowest BCUT2D eigenvalue weighted by molar-refractivity contribution is -0.377. The van der Waals surface area contributed by atoms with E-state index in [0.717, 1.165) is 0 Å². The molecule has 225 valence electrons. The molecule has 17 nitrogen and oxygen atoms in total. The number of ether oxygens (including phenoxy) is 5. The third kappa shape index (κ3) is 7.53. The first-order valence-corrected chi connectivity index (χ1v) is 11.9. The highest BCUT2D eigenvalue weighted by Crippen LogP contribution is 2.32. The first-order chi connectivity index (χ1) is 18.0. The fourth-order valence-electron chi connectivity index (χ4n) is 4.06. The molecule has 15 atom stereocenters. The molecule has 0 aliphatic carbocycles. The van der Waals surface area contributed by atoms with Gasteiger partial charge in [-0.05, 0) is 6.42 Å². The van der Waals surface area contributed by atoms with Crippen molar-refractivity contribution < 1.29 is 85.0 Å². The van der Waals surface area contributed by atoms with E-state index in [2.05, 4.69) is 6.92 Å². The largest absolute Gasteiger partial charge is 0.396 e. The quantitative estimate of drug-likeness (QED) is 0.130. The van der Waals surface area contributed by atoms with Gasteiger partial charge < -0.3 is 85.0 Å². The van der Waals surface area contributed by atoms with Crippen LogP contribution in [-0.2, 0) is 23.7 Å². The minimum absolute atomic E-state index is 0.208. The summed E-state index contributed by atoms with van der Waals surface area (Å²) >= 11 is 0. The van der Waals surface area contributed by atoms with Gasteiger partial charge in [-0.15, -0.1) is 0 Å². The summed E-state index contributed by atoms with van der Waals surface area (Å²) in [4.78, 5) is 0. The van der Waals surface area contributed by atoms with E-state index in [9.17, 15) is 56.2 Å². The molecule has 17 heteroatoms. The predicted octanol–water partition coefficient (Wildman–Crippen LogP) is -7.37. The molecule has 3 aliphatic heterocycles. The maximum atomic E-state index is 10.6. The van der Waals surface area contributed by atoms with Crippen LogP contribution in [-0.4, -0.2) is 180 Å². The number of aliphatic hydroxyl groups excluding tert-OH is 12. The first-order valence-electron chi connectivity index (χ1n) is 11.9. The summed E-state index contributed by atoms with van der Waals surface area (Å²) in [7, 11) is 0. The minimum Gasteiger partial charge on any atom is -0.396 e. The van der Waals surface area contributed by atoms with Crippen LogP contribution in [0.4, 0.5) is 0 Å². The first kappa shape index (κ1) is 33.5. The molecule has 1 radical (unpaired) electrons. The fourth-order valence-corrected chi connectivity index (χ4v) is 4.06. The van der Waals surface area contributed by atoms with E-state index in [1.54, 1.807) is 0 Å². The van der Waals surface area contributed by atoms with Gasteiger partial charge in [0, 0.05) is 6.61 Å². The number of aliphatic hydroxyl groups is 12. The summed E-state index contributed by atoms with van der Waals surface area (Å²) in [5.41, 5.74) is 0. The van der Waals surface area contributed by atoms with Gasteiger partial charge >= 0.3 is 0 Å². The third-order valence-electron chi connectivity index (χ3n) is 6.25. The fraction of sp³-hybridized carbons (Fsp3) is 0.952. The molecule has 38 heavy (non-hydrogen) atoms. The molecule has 3 rings (SSSR count). The molecule has 3 heterocycles. The van der Waals surface area contributed by atoms with Gasteiger partial charge in [-0.3, -0.25) is 0 Å². The van der Waals surface area contributed by atoms with Gasteiger partial charge in [0.05, 0.1) is 19.8 Å². The van der Waals surface area contributed by atoms with Crippen molar-refractivity contribution in [3.05, 3.63) is 6.92 Å². The second-order valence-electron chi connectivity index (χ2n) is 8.91. The maximum Gasteiger partial charge on any atom is 0.187 e. The molecule has 0 amide bonds. The van der Waals surface area contributed by atoms with Crippen LogP contribution < -0.4 is 0 Å². The molecule has 3 aliphatic rings. The lowest BCUT2D eigenvalue weighted by Crippen LogP contribution is -2.66. The van der Waals surface area contributed by atoms with Crippen LogP contribution in [0.25, 0.3) is 0 Å². The molecule has 12 N–H and O–H groups in total. The zero-order chi connectivity index (χ0) is 28.7. The Morgan fingerprint density at radius 2 is 0.895 bits per heavy atom. The van der Waals surface area contributed by atoms with Gasteiger partial charge in [0.2, 0.25) is 0 Å². The van der Waals surface area contributed by atoms with E-state index in [4.69, 9.17) is 28.8 Å².